The molecule has 2 atom stereocenters. The average Bonchev–Trinajstić information content (AvgIpc) is 3.04. The van der Waals surface area contributed by atoms with Crippen LogP contribution in [0.15, 0.2) is 54.6 Å². The standard InChI is InChI=1S/C21H25N5O3/c1-14(26(2)17-6-4-3-5-7-17)13-22-20(28)23-16-10-8-15(9-11-16)12-18-19(27)25-21(29)24-18/h3-11,14,18H,12-13H2,1-2H3,(H2,22,23,28)(H2,24,25,27,29). The van der Waals surface area contributed by atoms with Gasteiger partial charge in [0.2, 0.25) is 0 Å². The van der Waals surface area contributed by atoms with E-state index < -0.39 is 12.1 Å². The minimum Gasteiger partial charge on any atom is -0.370 e. The first-order chi connectivity index (χ1) is 13.9. The number of likely N-dealkylation sites (N-methyl/N-ethyl adjacent to an activating group) is 1. The summed E-state index contributed by atoms with van der Waals surface area (Å²) in [6.45, 7) is 2.53. The van der Waals surface area contributed by atoms with E-state index in [9.17, 15) is 14.4 Å². The zero-order valence-electron chi connectivity index (χ0n) is 16.4. The molecule has 4 N–H and O–H groups in total. The van der Waals surface area contributed by atoms with Gasteiger partial charge in [-0.15, -0.1) is 0 Å². The number of urea groups is 2. The number of carbonyl (C=O) groups excluding carboxylic acids is 3. The van der Waals surface area contributed by atoms with E-state index in [0.717, 1.165) is 11.3 Å². The van der Waals surface area contributed by atoms with Gasteiger partial charge in [0, 0.05) is 37.4 Å². The fourth-order valence-corrected chi connectivity index (χ4v) is 3.03. The van der Waals surface area contributed by atoms with E-state index in [0.29, 0.717) is 18.7 Å². The third kappa shape index (κ3) is 5.47. The van der Waals surface area contributed by atoms with E-state index in [1.165, 1.54) is 0 Å². The number of nitrogens with one attached hydrogen (secondary N) is 4. The molecular weight excluding hydrogens is 370 g/mol. The topological polar surface area (TPSA) is 103 Å². The lowest BCUT2D eigenvalue weighted by molar-refractivity contribution is -0.120. The van der Waals surface area contributed by atoms with Crippen LogP contribution in [-0.4, -0.2) is 43.6 Å². The first kappa shape index (κ1) is 20.2. The maximum atomic E-state index is 12.2. The molecule has 2 aromatic rings. The normalized spacial score (nSPS) is 16.6. The number of hydrogen-bond acceptors (Lipinski definition) is 4. The van der Waals surface area contributed by atoms with Gasteiger partial charge in [-0.3, -0.25) is 10.1 Å². The van der Waals surface area contributed by atoms with Crippen LogP contribution < -0.4 is 26.2 Å². The summed E-state index contributed by atoms with van der Waals surface area (Å²) in [6.07, 6.45) is 0.396. The van der Waals surface area contributed by atoms with Crippen LogP contribution in [0, 0.1) is 0 Å². The van der Waals surface area contributed by atoms with E-state index in [2.05, 4.69) is 26.2 Å². The molecule has 0 saturated carbocycles. The summed E-state index contributed by atoms with van der Waals surface area (Å²) in [5, 5.41) is 10.4. The Morgan fingerprint density at radius 2 is 1.79 bits per heavy atom. The van der Waals surface area contributed by atoms with Crippen molar-refractivity contribution in [1.82, 2.24) is 16.0 Å². The zero-order valence-corrected chi connectivity index (χ0v) is 16.4. The van der Waals surface area contributed by atoms with Gasteiger partial charge >= 0.3 is 12.1 Å². The molecule has 1 heterocycles. The largest absolute Gasteiger partial charge is 0.370 e. The predicted molar refractivity (Wildman–Crippen MR) is 112 cm³/mol. The third-order valence-electron chi connectivity index (χ3n) is 4.89. The molecule has 3 rings (SSSR count). The van der Waals surface area contributed by atoms with Crippen molar-refractivity contribution in [2.24, 2.45) is 0 Å². The predicted octanol–water partition coefficient (Wildman–Crippen LogP) is 2.08. The maximum absolute atomic E-state index is 12.2. The van der Waals surface area contributed by atoms with E-state index in [1.54, 1.807) is 12.1 Å². The molecule has 2 unspecified atom stereocenters. The molecule has 1 aliphatic heterocycles. The molecule has 1 aliphatic rings. The second-order valence-corrected chi connectivity index (χ2v) is 7.05. The number of nitrogens with zero attached hydrogens (tertiary/aromatic N) is 1. The van der Waals surface area contributed by atoms with Crippen LogP contribution in [-0.2, 0) is 11.2 Å². The Morgan fingerprint density at radius 1 is 1.10 bits per heavy atom. The van der Waals surface area contributed by atoms with Crippen molar-refractivity contribution >= 4 is 29.3 Å². The van der Waals surface area contributed by atoms with E-state index >= 15 is 0 Å². The van der Waals surface area contributed by atoms with Crippen molar-refractivity contribution in [3.8, 4) is 0 Å². The molecule has 1 fully saturated rings. The Bertz CT molecular complexity index is 870. The average molecular weight is 395 g/mol. The molecule has 0 bridgehead atoms. The van der Waals surface area contributed by atoms with Gasteiger partial charge in [0.05, 0.1) is 0 Å². The van der Waals surface area contributed by atoms with Gasteiger partial charge in [-0.1, -0.05) is 30.3 Å². The molecule has 152 valence electrons. The molecule has 8 nitrogen and oxygen atoms in total. The van der Waals surface area contributed by atoms with Gasteiger partial charge in [-0.25, -0.2) is 9.59 Å². The highest BCUT2D eigenvalue weighted by Gasteiger charge is 2.29. The number of benzene rings is 2. The number of carbonyl (C=O) groups is 3. The van der Waals surface area contributed by atoms with E-state index in [1.807, 2.05) is 56.4 Å². The number of imide groups is 1. The highest BCUT2D eigenvalue weighted by atomic mass is 16.2. The van der Waals surface area contributed by atoms with Crippen LogP contribution >= 0.6 is 0 Å². The highest BCUT2D eigenvalue weighted by molar-refractivity contribution is 6.04. The van der Waals surface area contributed by atoms with Gasteiger partial charge in [0.15, 0.2) is 0 Å². The Kier molecular flexibility index (Phi) is 6.33. The first-order valence-corrected chi connectivity index (χ1v) is 9.45. The second kappa shape index (κ2) is 9.09. The van der Waals surface area contributed by atoms with Crippen LogP contribution in [0.25, 0.3) is 0 Å². The van der Waals surface area contributed by atoms with Crippen LogP contribution in [0.1, 0.15) is 12.5 Å². The van der Waals surface area contributed by atoms with E-state index in [4.69, 9.17) is 0 Å². The smallest absolute Gasteiger partial charge is 0.322 e. The number of hydrogen-bond donors (Lipinski definition) is 4. The molecule has 0 radical (unpaired) electrons. The van der Waals surface area contributed by atoms with Crippen molar-refractivity contribution in [3.63, 3.8) is 0 Å². The summed E-state index contributed by atoms with van der Waals surface area (Å²) < 4.78 is 0. The van der Waals surface area contributed by atoms with Crippen molar-refractivity contribution in [2.75, 3.05) is 23.8 Å². The van der Waals surface area contributed by atoms with Crippen LogP contribution in [0.4, 0.5) is 21.0 Å². The number of anilines is 2. The quantitative estimate of drug-likeness (QED) is 0.539. The molecule has 0 spiro atoms. The fourth-order valence-electron chi connectivity index (χ4n) is 3.03. The monoisotopic (exact) mass is 395 g/mol. The summed E-state index contributed by atoms with van der Waals surface area (Å²) in [7, 11) is 1.99. The molecule has 8 heteroatoms. The molecule has 5 amide bonds. The molecule has 0 aliphatic carbocycles. The van der Waals surface area contributed by atoms with Crippen molar-refractivity contribution in [3.05, 3.63) is 60.2 Å². The Balaban J connectivity index is 1.45. The van der Waals surface area contributed by atoms with Crippen molar-refractivity contribution < 1.29 is 14.4 Å². The molecule has 29 heavy (non-hydrogen) atoms. The minimum absolute atomic E-state index is 0.123. The number of rotatable bonds is 7. The molecule has 2 aromatic carbocycles. The maximum Gasteiger partial charge on any atom is 0.322 e. The van der Waals surface area contributed by atoms with Gasteiger partial charge in [0.1, 0.15) is 6.04 Å². The van der Waals surface area contributed by atoms with Crippen LogP contribution in [0.2, 0.25) is 0 Å². The van der Waals surface area contributed by atoms with E-state index in [-0.39, 0.29) is 18.0 Å². The Hall–Kier alpha value is -3.55. The fraction of sp³-hybridized carbons (Fsp3) is 0.286. The zero-order chi connectivity index (χ0) is 20.8. The Morgan fingerprint density at radius 3 is 2.41 bits per heavy atom. The molecule has 0 aromatic heterocycles. The van der Waals surface area contributed by atoms with Crippen LogP contribution in [0.3, 0.4) is 0 Å². The van der Waals surface area contributed by atoms with Gasteiger partial charge in [-0.2, -0.15) is 0 Å². The number of amides is 5. The van der Waals surface area contributed by atoms with Gasteiger partial charge in [0.25, 0.3) is 5.91 Å². The van der Waals surface area contributed by atoms with Crippen LogP contribution in [0.5, 0.6) is 0 Å². The minimum atomic E-state index is -0.562. The van der Waals surface area contributed by atoms with Crippen molar-refractivity contribution in [1.29, 1.82) is 0 Å². The highest BCUT2D eigenvalue weighted by Crippen LogP contribution is 2.14. The SMILES string of the molecule is CC(CNC(=O)Nc1ccc(CC2NC(=O)NC2=O)cc1)N(C)c1ccccc1. The molecule has 1 saturated heterocycles. The third-order valence-corrected chi connectivity index (χ3v) is 4.89. The number of para-hydroxylation sites is 1. The summed E-state index contributed by atoms with van der Waals surface area (Å²) in [4.78, 5) is 37.0. The lowest BCUT2D eigenvalue weighted by Crippen LogP contribution is -2.41. The van der Waals surface area contributed by atoms with Gasteiger partial charge < -0.3 is 20.9 Å². The molecular formula is C21H25N5O3. The lowest BCUT2D eigenvalue weighted by Gasteiger charge is -2.27. The van der Waals surface area contributed by atoms with Gasteiger partial charge in [-0.05, 0) is 36.8 Å². The second-order valence-electron chi connectivity index (χ2n) is 7.05. The summed E-state index contributed by atoms with van der Waals surface area (Å²) in [5.41, 5.74) is 2.62. The Labute approximate surface area is 169 Å². The summed E-state index contributed by atoms with van der Waals surface area (Å²) >= 11 is 0. The summed E-state index contributed by atoms with van der Waals surface area (Å²) in [6, 6.07) is 16.0. The van der Waals surface area contributed by atoms with Crippen molar-refractivity contribution in [2.45, 2.75) is 25.4 Å². The lowest BCUT2D eigenvalue weighted by atomic mass is 10.1. The first-order valence-electron chi connectivity index (χ1n) is 9.45. The summed E-state index contributed by atoms with van der Waals surface area (Å²) in [5.74, 6) is -0.328.